The van der Waals surface area contributed by atoms with Gasteiger partial charge in [0.15, 0.2) is 0 Å². The van der Waals surface area contributed by atoms with Crippen molar-refractivity contribution in [2.45, 2.75) is 27.7 Å². The van der Waals surface area contributed by atoms with Gasteiger partial charge >= 0.3 is 0 Å². The second kappa shape index (κ2) is 6.80. The van der Waals surface area contributed by atoms with Gasteiger partial charge in [0.2, 0.25) is 11.9 Å². The number of rotatable bonds is 4. The van der Waals surface area contributed by atoms with Crippen LogP contribution in [-0.2, 0) is 4.79 Å². The van der Waals surface area contributed by atoms with Gasteiger partial charge in [-0.1, -0.05) is 12.1 Å². The molecule has 0 aliphatic carbocycles. The summed E-state index contributed by atoms with van der Waals surface area (Å²) in [6.45, 7) is 7.18. The number of nitrogens with one attached hydrogen (secondary N) is 2. The number of hydrogen-bond acceptors (Lipinski definition) is 5. The van der Waals surface area contributed by atoms with E-state index in [2.05, 4.69) is 25.8 Å². The first-order valence-electron chi connectivity index (χ1n) is 6.94. The normalized spacial score (nSPS) is 11.2. The van der Waals surface area contributed by atoms with E-state index in [4.69, 9.17) is 0 Å². The number of aryl methyl sites for hydroxylation is 2. The quantitative estimate of drug-likeness (QED) is 0.672. The van der Waals surface area contributed by atoms with Crippen LogP contribution in [0.3, 0.4) is 0 Å². The Hall–Kier alpha value is -2.76. The Bertz CT molecular complexity index is 704. The molecule has 1 heterocycles. The molecule has 0 bridgehead atoms. The van der Waals surface area contributed by atoms with Gasteiger partial charge in [0, 0.05) is 24.0 Å². The van der Waals surface area contributed by atoms with Crippen molar-refractivity contribution in [3.8, 4) is 0 Å². The average Bonchev–Trinajstić information content (AvgIpc) is 2.43. The third-order valence-electron chi connectivity index (χ3n) is 2.91. The monoisotopic (exact) mass is 297 g/mol. The minimum Gasteiger partial charge on any atom is -0.326 e. The Labute approximate surface area is 129 Å². The highest BCUT2D eigenvalue weighted by atomic mass is 16.1. The van der Waals surface area contributed by atoms with E-state index >= 15 is 0 Å². The van der Waals surface area contributed by atoms with E-state index < -0.39 is 0 Å². The van der Waals surface area contributed by atoms with Gasteiger partial charge in [-0.15, -0.1) is 0 Å². The zero-order valence-electron chi connectivity index (χ0n) is 13.1. The molecule has 1 amide bonds. The van der Waals surface area contributed by atoms with Crippen molar-refractivity contribution < 1.29 is 4.79 Å². The molecule has 22 heavy (non-hydrogen) atoms. The summed E-state index contributed by atoms with van der Waals surface area (Å²) in [5.41, 5.74) is 7.05. The first-order chi connectivity index (χ1) is 10.4. The molecule has 0 fully saturated rings. The van der Waals surface area contributed by atoms with Crippen LogP contribution in [0.2, 0.25) is 0 Å². The van der Waals surface area contributed by atoms with Gasteiger partial charge in [-0.3, -0.25) is 4.79 Å². The summed E-state index contributed by atoms with van der Waals surface area (Å²) in [5.74, 6) is 0.364. The van der Waals surface area contributed by atoms with Gasteiger partial charge in [0.25, 0.3) is 0 Å². The molecular formula is C16H19N5O. The summed E-state index contributed by atoms with van der Waals surface area (Å²) in [4.78, 5) is 19.6. The third-order valence-corrected chi connectivity index (χ3v) is 2.91. The van der Waals surface area contributed by atoms with Crippen LogP contribution >= 0.6 is 0 Å². The van der Waals surface area contributed by atoms with Crippen molar-refractivity contribution in [2.24, 2.45) is 5.10 Å². The van der Waals surface area contributed by atoms with E-state index in [1.54, 1.807) is 0 Å². The molecule has 1 aromatic carbocycles. The molecule has 0 saturated carbocycles. The maximum Gasteiger partial charge on any atom is 0.243 e. The first kappa shape index (κ1) is 15.6. The number of hydrogen-bond donors (Lipinski definition) is 2. The Morgan fingerprint density at radius 3 is 2.41 bits per heavy atom. The highest BCUT2D eigenvalue weighted by molar-refractivity contribution is 6.00. The summed E-state index contributed by atoms with van der Waals surface area (Å²) in [5, 5.41) is 7.05. The summed E-state index contributed by atoms with van der Waals surface area (Å²) in [6, 6.07) is 9.39. The molecule has 0 atom stereocenters. The minimum absolute atomic E-state index is 0.103. The summed E-state index contributed by atoms with van der Waals surface area (Å²) >= 11 is 0. The lowest BCUT2D eigenvalue weighted by molar-refractivity contribution is -0.114. The second-order valence-electron chi connectivity index (χ2n) is 5.05. The van der Waals surface area contributed by atoms with E-state index in [-0.39, 0.29) is 5.91 Å². The Balaban J connectivity index is 2.16. The van der Waals surface area contributed by atoms with Crippen LogP contribution in [-0.4, -0.2) is 21.6 Å². The van der Waals surface area contributed by atoms with Gasteiger partial charge in [-0.05, 0) is 44.5 Å². The fourth-order valence-corrected chi connectivity index (χ4v) is 2.00. The number of carbonyl (C=O) groups excluding carboxylic acids is 1. The zero-order chi connectivity index (χ0) is 16.1. The summed E-state index contributed by atoms with van der Waals surface area (Å²) in [6.07, 6.45) is 0. The van der Waals surface area contributed by atoms with E-state index in [0.29, 0.717) is 5.95 Å². The maximum absolute atomic E-state index is 11.1. The molecule has 6 heteroatoms. The van der Waals surface area contributed by atoms with Crippen molar-refractivity contribution in [1.29, 1.82) is 0 Å². The van der Waals surface area contributed by atoms with Crippen LogP contribution < -0.4 is 10.7 Å². The van der Waals surface area contributed by atoms with Crippen molar-refractivity contribution in [3.05, 3.63) is 47.3 Å². The van der Waals surface area contributed by atoms with Crippen LogP contribution in [0.25, 0.3) is 0 Å². The molecule has 0 radical (unpaired) electrons. The SMILES string of the molecule is CC(=O)Nc1cccc(/C(C)=N/Nc2nc(C)cc(C)n2)c1. The molecular weight excluding hydrogens is 278 g/mol. The number of carbonyl (C=O) groups is 1. The van der Waals surface area contributed by atoms with Crippen LogP contribution in [0.1, 0.15) is 30.8 Å². The second-order valence-corrected chi connectivity index (χ2v) is 5.05. The number of benzene rings is 1. The number of aromatic nitrogens is 2. The molecule has 0 unspecified atom stereocenters. The highest BCUT2D eigenvalue weighted by Gasteiger charge is 2.02. The van der Waals surface area contributed by atoms with Gasteiger partial charge in [0.05, 0.1) is 5.71 Å². The van der Waals surface area contributed by atoms with Crippen LogP contribution in [0.5, 0.6) is 0 Å². The first-order valence-corrected chi connectivity index (χ1v) is 6.94. The van der Waals surface area contributed by atoms with Crippen molar-refractivity contribution >= 4 is 23.3 Å². The maximum atomic E-state index is 11.1. The minimum atomic E-state index is -0.103. The Morgan fingerprint density at radius 2 is 1.77 bits per heavy atom. The number of amides is 1. The molecule has 0 saturated heterocycles. The zero-order valence-corrected chi connectivity index (χ0v) is 13.1. The predicted molar refractivity (Wildman–Crippen MR) is 88.1 cm³/mol. The van der Waals surface area contributed by atoms with Gasteiger partial charge in [-0.2, -0.15) is 5.10 Å². The van der Waals surface area contributed by atoms with E-state index in [9.17, 15) is 4.79 Å². The number of hydrazone groups is 1. The Morgan fingerprint density at radius 1 is 1.09 bits per heavy atom. The van der Waals surface area contributed by atoms with Gasteiger partial charge < -0.3 is 5.32 Å². The standard InChI is InChI=1S/C16H19N5O/c1-10-8-11(2)18-16(17-10)21-20-12(3)14-6-5-7-15(9-14)19-13(4)22/h5-9H,1-4H3,(H,19,22)(H,17,18,21)/b20-12+. The van der Waals surface area contributed by atoms with Crippen molar-refractivity contribution in [2.75, 3.05) is 10.7 Å². The van der Waals surface area contributed by atoms with E-state index in [1.165, 1.54) is 6.92 Å². The lowest BCUT2D eigenvalue weighted by atomic mass is 10.1. The summed E-state index contributed by atoms with van der Waals surface area (Å²) < 4.78 is 0. The molecule has 2 N–H and O–H groups in total. The highest BCUT2D eigenvalue weighted by Crippen LogP contribution is 2.12. The molecule has 0 aliphatic heterocycles. The lowest BCUT2D eigenvalue weighted by Crippen LogP contribution is -2.07. The number of anilines is 2. The average molecular weight is 297 g/mol. The fourth-order valence-electron chi connectivity index (χ4n) is 2.00. The van der Waals surface area contributed by atoms with Crippen LogP contribution in [0.15, 0.2) is 35.4 Å². The fraction of sp³-hybridized carbons (Fsp3) is 0.250. The Kier molecular flexibility index (Phi) is 4.83. The third kappa shape index (κ3) is 4.37. The molecule has 114 valence electrons. The molecule has 2 rings (SSSR count). The smallest absolute Gasteiger partial charge is 0.243 e. The lowest BCUT2D eigenvalue weighted by Gasteiger charge is -2.06. The van der Waals surface area contributed by atoms with Crippen molar-refractivity contribution in [1.82, 2.24) is 9.97 Å². The number of nitrogens with zero attached hydrogens (tertiary/aromatic N) is 3. The van der Waals surface area contributed by atoms with Crippen LogP contribution in [0, 0.1) is 13.8 Å². The molecule has 6 nitrogen and oxygen atoms in total. The molecule has 0 aliphatic rings. The van der Waals surface area contributed by atoms with E-state index in [0.717, 1.165) is 28.4 Å². The van der Waals surface area contributed by atoms with E-state index in [1.807, 2.05) is 51.1 Å². The predicted octanol–water partition coefficient (Wildman–Crippen LogP) is 2.89. The largest absolute Gasteiger partial charge is 0.326 e. The van der Waals surface area contributed by atoms with Gasteiger partial charge in [-0.25, -0.2) is 15.4 Å². The van der Waals surface area contributed by atoms with Crippen molar-refractivity contribution in [3.63, 3.8) is 0 Å². The van der Waals surface area contributed by atoms with Gasteiger partial charge in [0.1, 0.15) is 0 Å². The molecule has 2 aromatic rings. The summed E-state index contributed by atoms with van der Waals surface area (Å²) in [7, 11) is 0. The molecule has 0 spiro atoms. The van der Waals surface area contributed by atoms with Crippen LogP contribution in [0.4, 0.5) is 11.6 Å². The topological polar surface area (TPSA) is 79.3 Å². The molecule has 1 aromatic heterocycles.